The summed E-state index contributed by atoms with van der Waals surface area (Å²) < 4.78 is 25.0. The number of hydrogen-bond donors (Lipinski definition) is 0. The van der Waals surface area contributed by atoms with E-state index in [0.29, 0.717) is 10.9 Å². The van der Waals surface area contributed by atoms with Crippen molar-refractivity contribution in [3.05, 3.63) is 42.5 Å². The van der Waals surface area contributed by atoms with Crippen LogP contribution in [0.3, 0.4) is 0 Å². The molecule has 1 aliphatic heterocycles. The van der Waals surface area contributed by atoms with Crippen LogP contribution in [0.5, 0.6) is 0 Å². The topological polar surface area (TPSA) is 68.1 Å². The van der Waals surface area contributed by atoms with E-state index in [4.69, 9.17) is 0 Å². The molecule has 0 unspecified atom stereocenters. The van der Waals surface area contributed by atoms with Gasteiger partial charge in [-0.25, -0.2) is 18.1 Å². The first-order chi connectivity index (χ1) is 10.9. The van der Waals surface area contributed by atoms with Gasteiger partial charge in [-0.2, -0.15) is 5.10 Å². The lowest BCUT2D eigenvalue weighted by molar-refractivity contribution is 0.139. The van der Waals surface area contributed by atoms with Crippen LogP contribution in [-0.4, -0.2) is 47.4 Å². The summed E-state index contributed by atoms with van der Waals surface area (Å²) >= 11 is 0. The molecule has 1 aliphatic rings. The van der Waals surface area contributed by atoms with Crippen molar-refractivity contribution in [3.8, 4) is 0 Å². The van der Waals surface area contributed by atoms with Crippen LogP contribution in [0.15, 0.2) is 41.8 Å². The Kier molecular flexibility index (Phi) is 4.50. The summed E-state index contributed by atoms with van der Waals surface area (Å²) in [6, 6.07) is 7.94. The fraction of sp³-hybridized carbons (Fsp3) is 0.500. The molecule has 0 amide bonds. The van der Waals surface area contributed by atoms with Gasteiger partial charge in [0.15, 0.2) is 9.84 Å². The van der Waals surface area contributed by atoms with Crippen LogP contribution in [0, 0.1) is 0 Å². The number of aromatic nitrogens is 3. The minimum Gasteiger partial charge on any atom is -0.296 e. The average molecular weight is 334 g/mol. The predicted molar refractivity (Wildman–Crippen MR) is 87.8 cm³/mol. The first kappa shape index (κ1) is 16.1. The lowest BCUT2D eigenvalue weighted by atomic mass is 10.0. The molecular weight excluding hydrogens is 312 g/mol. The van der Waals surface area contributed by atoms with Crippen molar-refractivity contribution < 1.29 is 8.42 Å². The number of likely N-dealkylation sites (tertiary alicyclic amines) is 1. The van der Waals surface area contributed by atoms with Crippen molar-refractivity contribution in [2.75, 3.05) is 19.3 Å². The number of hydrogen-bond acceptors (Lipinski definition) is 5. The van der Waals surface area contributed by atoms with Crippen molar-refractivity contribution in [1.29, 1.82) is 0 Å². The summed E-state index contributed by atoms with van der Waals surface area (Å²) in [6.45, 7) is 4.17. The highest BCUT2D eigenvalue weighted by atomic mass is 32.2. The van der Waals surface area contributed by atoms with E-state index in [2.05, 4.69) is 21.9 Å². The molecule has 124 valence electrons. The van der Waals surface area contributed by atoms with Crippen molar-refractivity contribution in [3.63, 3.8) is 0 Å². The van der Waals surface area contributed by atoms with Gasteiger partial charge in [-0.15, -0.1) is 0 Å². The van der Waals surface area contributed by atoms with Gasteiger partial charge >= 0.3 is 0 Å². The smallest absolute Gasteiger partial charge is 0.175 e. The van der Waals surface area contributed by atoms with E-state index in [1.54, 1.807) is 24.8 Å². The van der Waals surface area contributed by atoms with E-state index < -0.39 is 9.84 Å². The Morgan fingerprint density at radius 3 is 2.35 bits per heavy atom. The molecule has 3 rings (SSSR count). The summed E-state index contributed by atoms with van der Waals surface area (Å²) in [6.07, 6.45) is 6.70. The Bertz CT molecular complexity index is 733. The second-order valence-electron chi connectivity index (χ2n) is 6.16. The van der Waals surface area contributed by atoms with Crippen LogP contribution in [0.4, 0.5) is 0 Å². The lowest BCUT2D eigenvalue weighted by Gasteiger charge is -2.36. The maximum Gasteiger partial charge on any atom is 0.175 e. The summed E-state index contributed by atoms with van der Waals surface area (Å²) in [7, 11) is -3.13. The normalized spacial score (nSPS) is 18.9. The van der Waals surface area contributed by atoms with Gasteiger partial charge in [0.25, 0.3) is 0 Å². The van der Waals surface area contributed by atoms with Crippen LogP contribution < -0.4 is 0 Å². The number of benzene rings is 1. The minimum atomic E-state index is -3.13. The summed E-state index contributed by atoms with van der Waals surface area (Å²) in [5, 5.41) is 4.23. The van der Waals surface area contributed by atoms with Crippen LogP contribution in [0.25, 0.3) is 0 Å². The van der Waals surface area contributed by atoms with Gasteiger partial charge in [-0.05, 0) is 37.5 Å². The van der Waals surface area contributed by atoms with Crippen LogP contribution in [0.2, 0.25) is 0 Å². The highest BCUT2D eigenvalue weighted by Crippen LogP contribution is 2.28. The summed E-state index contributed by atoms with van der Waals surface area (Å²) in [5.74, 6) is 0. The predicted octanol–water partition coefficient (Wildman–Crippen LogP) is 2.08. The molecule has 1 saturated heterocycles. The number of piperidine rings is 1. The van der Waals surface area contributed by atoms with Crippen LogP contribution >= 0.6 is 0 Å². The monoisotopic (exact) mass is 334 g/mol. The van der Waals surface area contributed by atoms with Gasteiger partial charge in [-0.1, -0.05) is 12.1 Å². The van der Waals surface area contributed by atoms with E-state index in [0.717, 1.165) is 31.5 Å². The molecule has 0 radical (unpaired) electrons. The fourth-order valence-corrected chi connectivity index (χ4v) is 3.78. The summed E-state index contributed by atoms with van der Waals surface area (Å²) in [4.78, 5) is 6.82. The Labute approximate surface area is 137 Å². The Morgan fingerprint density at radius 2 is 1.83 bits per heavy atom. The number of sulfone groups is 1. The molecule has 0 N–H and O–H groups in total. The molecule has 0 bridgehead atoms. The number of nitrogens with zero attached hydrogens (tertiary/aromatic N) is 4. The largest absolute Gasteiger partial charge is 0.296 e. The Balaban J connectivity index is 1.64. The van der Waals surface area contributed by atoms with Crippen molar-refractivity contribution in [1.82, 2.24) is 19.7 Å². The average Bonchev–Trinajstić information content (AvgIpc) is 3.08. The molecule has 2 heterocycles. The zero-order valence-electron chi connectivity index (χ0n) is 13.5. The third-order valence-corrected chi connectivity index (χ3v) is 5.78. The van der Waals surface area contributed by atoms with Gasteiger partial charge < -0.3 is 0 Å². The molecule has 2 aromatic rings. The molecule has 1 atom stereocenters. The number of rotatable bonds is 4. The van der Waals surface area contributed by atoms with E-state index >= 15 is 0 Å². The second-order valence-corrected chi connectivity index (χ2v) is 8.18. The van der Waals surface area contributed by atoms with Crippen molar-refractivity contribution in [2.45, 2.75) is 36.7 Å². The maximum atomic E-state index is 11.5. The molecule has 1 aromatic heterocycles. The Morgan fingerprint density at radius 1 is 1.17 bits per heavy atom. The summed E-state index contributed by atoms with van der Waals surface area (Å²) in [5.41, 5.74) is 1.15. The lowest BCUT2D eigenvalue weighted by Crippen LogP contribution is -2.36. The van der Waals surface area contributed by atoms with Gasteiger partial charge in [-0.3, -0.25) is 4.90 Å². The van der Waals surface area contributed by atoms with Gasteiger partial charge in [0.1, 0.15) is 12.7 Å². The highest BCUT2D eigenvalue weighted by molar-refractivity contribution is 7.90. The maximum absolute atomic E-state index is 11.5. The van der Waals surface area contributed by atoms with Crippen molar-refractivity contribution in [2.24, 2.45) is 0 Å². The van der Waals surface area contributed by atoms with Crippen LogP contribution in [0.1, 0.15) is 37.4 Å². The standard InChI is InChI=1S/C16H22N4O2S/c1-13(14-3-5-16(6-4-14)23(2,21)22)19-9-7-15(8-10-19)20-12-17-11-18-20/h3-6,11-13,15H,7-10H2,1-2H3/t13-/m1/s1. The van der Waals surface area contributed by atoms with E-state index in [1.807, 2.05) is 16.8 Å². The van der Waals surface area contributed by atoms with E-state index in [9.17, 15) is 8.42 Å². The Hall–Kier alpha value is -1.73. The van der Waals surface area contributed by atoms with Crippen LogP contribution in [-0.2, 0) is 9.84 Å². The SMILES string of the molecule is C[C@H](c1ccc(S(C)(=O)=O)cc1)N1CCC(n2cncn2)CC1. The van der Waals surface area contributed by atoms with Crippen molar-refractivity contribution >= 4 is 9.84 Å². The van der Waals surface area contributed by atoms with E-state index in [-0.39, 0.29) is 6.04 Å². The minimum absolute atomic E-state index is 0.278. The molecule has 0 aliphatic carbocycles. The molecule has 0 saturated carbocycles. The molecule has 6 nitrogen and oxygen atoms in total. The van der Waals surface area contributed by atoms with E-state index in [1.165, 1.54) is 6.26 Å². The van der Waals surface area contributed by atoms with Gasteiger partial charge in [0, 0.05) is 25.4 Å². The molecule has 0 spiro atoms. The first-order valence-corrected chi connectivity index (χ1v) is 9.72. The highest BCUT2D eigenvalue weighted by Gasteiger charge is 2.25. The first-order valence-electron chi connectivity index (χ1n) is 7.83. The third-order valence-electron chi connectivity index (χ3n) is 4.65. The third kappa shape index (κ3) is 3.61. The molecule has 7 heteroatoms. The van der Waals surface area contributed by atoms with Gasteiger partial charge in [0.2, 0.25) is 0 Å². The molecule has 23 heavy (non-hydrogen) atoms. The zero-order valence-corrected chi connectivity index (χ0v) is 14.3. The molecule has 1 aromatic carbocycles. The molecule has 1 fully saturated rings. The quantitative estimate of drug-likeness (QED) is 0.856. The molecular formula is C16H22N4O2S. The second kappa shape index (κ2) is 6.41. The zero-order chi connectivity index (χ0) is 16.4. The van der Waals surface area contributed by atoms with Gasteiger partial charge in [0.05, 0.1) is 10.9 Å². The fourth-order valence-electron chi connectivity index (χ4n) is 3.15.